The number of halogens is 2. The van der Waals surface area contributed by atoms with Gasteiger partial charge in [-0.3, -0.25) is 9.10 Å². The summed E-state index contributed by atoms with van der Waals surface area (Å²) in [5.41, 5.74) is 1.72. The second-order valence-electron chi connectivity index (χ2n) is 7.68. The van der Waals surface area contributed by atoms with E-state index in [2.05, 4.69) is 9.97 Å². The number of carboxylic acid groups (broad SMARTS) is 1. The predicted octanol–water partition coefficient (Wildman–Crippen LogP) is 5.74. The van der Waals surface area contributed by atoms with Gasteiger partial charge in [0, 0.05) is 27.7 Å². The van der Waals surface area contributed by atoms with Gasteiger partial charge in [-0.05, 0) is 53.9 Å². The van der Waals surface area contributed by atoms with Crippen LogP contribution in [0.25, 0.3) is 27.3 Å². The zero-order valence-corrected chi connectivity index (χ0v) is 21.4. The summed E-state index contributed by atoms with van der Waals surface area (Å²) < 4.78 is 29.5. The molecule has 0 fully saturated rings. The number of rotatable bonds is 7. The highest BCUT2D eigenvalue weighted by Gasteiger charge is 2.28. The Hall–Kier alpha value is -3.44. The third kappa shape index (κ3) is 4.68. The summed E-state index contributed by atoms with van der Waals surface area (Å²) in [6.45, 7) is -0.783. The molecule has 0 bridgehead atoms. The van der Waals surface area contributed by atoms with Gasteiger partial charge in [-0.25, -0.2) is 18.4 Å². The van der Waals surface area contributed by atoms with Gasteiger partial charge < -0.3 is 9.67 Å². The molecular formula is C24H16Cl2N4O4S2. The Morgan fingerprint density at radius 2 is 1.81 bits per heavy atom. The molecule has 0 spiro atoms. The highest BCUT2D eigenvalue weighted by molar-refractivity contribution is 7.92. The molecular weight excluding hydrogens is 543 g/mol. The lowest BCUT2D eigenvalue weighted by atomic mass is 10.2. The highest BCUT2D eigenvalue weighted by atomic mass is 35.5. The van der Waals surface area contributed by atoms with Crippen LogP contribution in [0.1, 0.15) is 0 Å². The number of sulfonamides is 1. The normalized spacial score (nSPS) is 11.6. The minimum absolute atomic E-state index is 0.121. The zero-order valence-electron chi connectivity index (χ0n) is 18.2. The second-order valence-corrected chi connectivity index (χ2v) is 11.4. The van der Waals surface area contributed by atoms with Crippen LogP contribution in [0.5, 0.6) is 0 Å². The molecule has 5 aromatic rings. The van der Waals surface area contributed by atoms with Crippen molar-refractivity contribution in [3.63, 3.8) is 0 Å². The molecule has 5 rings (SSSR count). The number of aromatic nitrogens is 3. The molecule has 182 valence electrons. The van der Waals surface area contributed by atoms with Gasteiger partial charge in [0.25, 0.3) is 10.0 Å². The standard InChI is InChI=1S/C24H16Cl2N4O4S2/c25-16-9-17(26)11-19(10-16)36(33,34)30(13-24(31)32)18-3-4-21-15(8-18)5-6-29(21)23-12-20(27-14-28-23)22-2-1-7-35-22/h1-12,14H,13H2,(H,31,32). The number of hydrogen-bond donors (Lipinski definition) is 1. The summed E-state index contributed by atoms with van der Waals surface area (Å²) in [5.74, 6) is -0.675. The van der Waals surface area contributed by atoms with Crippen LogP contribution in [-0.2, 0) is 14.8 Å². The van der Waals surface area contributed by atoms with Crippen molar-refractivity contribution in [2.75, 3.05) is 10.8 Å². The number of thiophene rings is 1. The quantitative estimate of drug-likeness (QED) is 0.273. The molecule has 8 nitrogen and oxygen atoms in total. The summed E-state index contributed by atoms with van der Waals surface area (Å²) in [6.07, 6.45) is 3.30. The van der Waals surface area contributed by atoms with Gasteiger partial charge in [-0.15, -0.1) is 11.3 Å². The molecule has 3 heterocycles. The van der Waals surface area contributed by atoms with Crippen LogP contribution in [0, 0.1) is 0 Å². The third-order valence-corrected chi connectivity index (χ3v) is 8.42. The van der Waals surface area contributed by atoms with Crippen LogP contribution in [0.4, 0.5) is 5.69 Å². The van der Waals surface area contributed by atoms with E-state index >= 15 is 0 Å². The van der Waals surface area contributed by atoms with Crippen LogP contribution in [0.3, 0.4) is 0 Å². The topological polar surface area (TPSA) is 105 Å². The second kappa shape index (κ2) is 9.55. The summed E-state index contributed by atoms with van der Waals surface area (Å²) in [5, 5.41) is 12.4. The lowest BCUT2D eigenvalue weighted by Crippen LogP contribution is -2.35. The van der Waals surface area contributed by atoms with Crippen LogP contribution in [0.15, 0.2) is 83.5 Å². The van der Waals surface area contributed by atoms with Gasteiger partial charge >= 0.3 is 5.97 Å². The number of carboxylic acids is 1. The fourth-order valence-corrected chi connectivity index (χ4v) is 6.59. The SMILES string of the molecule is O=C(O)CN(c1ccc2c(ccn2-c2cc(-c3cccs3)ncn2)c1)S(=O)(=O)c1cc(Cl)cc(Cl)c1. The Morgan fingerprint density at radius 1 is 1.03 bits per heavy atom. The smallest absolute Gasteiger partial charge is 0.324 e. The van der Waals surface area contributed by atoms with Gasteiger partial charge in [0.1, 0.15) is 18.7 Å². The Morgan fingerprint density at radius 3 is 2.50 bits per heavy atom. The lowest BCUT2D eigenvalue weighted by molar-refractivity contribution is -0.135. The van der Waals surface area contributed by atoms with Gasteiger partial charge in [-0.2, -0.15) is 0 Å². The van der Waals surface area contributed by atoms with Gasteiger partial charge in [0.2, 0.25) is 0 Å². The van der Waals surface area contributed by atoms with Crippen LogP contribution < -0.4 is 4.31 Å². The van der Waals surface area contributed by atoms with E-state index in [4.69, 9.17) is 23.2 Å². The van der Waals surface area contributed by atoms with Crippen molar-refractivity contribution in [3.05, 3.63) is 88.6 Å². The average Bonchev–Trinajstić information content (AvgIpc) is 3.52. The summed E-state index contributed by atoms with van der Waals surface area (Å²) in [6, 6.07) is 16.3. The third-order valence-electron chi connectivity index (χ3n) is 5.34. The minimum Gasteiger partial charge on any atom is -0.480 e. The molecule has 12 heteroatoms. The van der Waals surface area contributed by atoms with E-state index in [-0.39, 0.29) is 20.6 Å². The van der Waals surface area contributed by atoms with E-state index in [1.165, 1.54) is 24.5 Å². The van der Waals surface area contributed by atoms with Crippen molar-refractivity contribution < 1.29 is 18.3 Å². The number of aliphatic carboxylic acids is 1. The molecule has 0 amide bonds. The molecule has 0 aliphatic rings. The number of anilines is 1. The number of benzene rings is 2. The first-order valence-electron chi connectivity index (χ1n) is 10.4. The molecule has 36 heavy (non-hydrogen) atoms. The lowest BCUT2D eigenvalue weighted by Gasteiger charge is -2.23. The van der Waals surface area contributed by atoms with Crippen molar-refractivity contribution >= 4 is 67.1 Å². The number of nitrogens with zero attached hydrogens (tertiary/aromatic N) is 4. The van der Waals surface area contributed by atoms with Crippen LogP contribution in [-0.4, -0.2) is 40.6 Å². The summed E-state index contributed by atoms with van der Waals surface area (Å²) in [4.78, 5) is 21.1. The van der Waals surface area contributed by atoms with Crippen molar-refractivity contribution in [3.8, 4) is 16.4 Å². The zero-order chi connectivity index (χ0) is 25.4. The van der Waals surface area contributed by atoms with E-state index in [1.807, 2.05) is 34.3 Å². The largest absolute Gasteiger partial charge is 0.480 e. The highest BCUT2D eigenvalue weighted by Crippen LogP contribution is 2.31. The first kappa shape index (κ1) is 24.3. The molecule has 0 saturated carbocycles. The maximum Gasteiger partial charge on any atom is 0.324 e. The van der Waals surface area contributed by atoms with Crippen LogP contribution >= 0.6 is 34.5 Å². The van der Waals surface area contributed by atoms with Crippen molar-refractivity contribution in [2.24, 2.45) is 0 Å². The molecule has 0 aliphatic heterocycles. The molecule has 0 atom stereocenters. The Labute approximate surface area is 220 Å². The Bertz CT molecular complexity index is 1680. The minimum atomic E-state index is -4.28. The Kier molecular flexibility index (Phi) is 6.44. The fourth-order valence-electron chi connectivity index (χ4n) is 3.77. The number of carbonyl (C=O) groups is 1. The van der Waals surface area contributed by atoms with Gasteiger partial charge in [-0.1, -0.05) is 29.3 Å². The first-order valence-corrected chi connectivity index (χ1v) is 13.5. The van der Waals surface area contributed by atoms with E-state index in [1.54, 1.807) is 35.6 Å². The number of hydrogen-bond acceptors (Lipinski definition) is 6. The van der Waals surface area contributed by atoms with Gasteiger partial charge in [0.15, 0.2) is 0 Å². The molecule has 1 N–H and O–H groups in total. The summed E-state index contributed by atoms with van der Waals surface area (Å²) in [7, 11) is -4.28. The van der Waals surface area contributed by atoms with Crippen molar-refractivity contribution in [1.82, 2.24) is 14.5 Å². The predicted molar refractivity (Wildman–Crippen MR) is 141 cm³/mol. The molecule has 2 aromatic carbocycles. The molecule has 0 saturated heterocycles. The Balaban J connectivity index is 1.57. The van der Waals surface area contributed by atoms with E-state index < -0.39 is 22.5 Å². The van der Waals surface area contributed by atoms with E-state index in [9.17, 15) is 18.3 Å². The molecule has 3 aromatic heterocycles. The number of fused-ring (bicyclic) bond motifs is 1. The van der Waals surface area contributed by atoms with E-state index in [0.717, 1.165) is 20.4 Å². The van der Waals surface area contributed by atoms with E-state index in [0.29, 0.717) is 11.2 Å². The average molecular weight is 559 g/mol. The fraction of sp³-hybridized carbons (Fsp3) is 0.0417. The van der Waals surface area contributed by atoms with Gasteiger partial charge in [0.05, 0.1) is 26.7 Å². The monoisotopic (exact) mass is 558 g/mol. The maximum absolute atomic E-state index is 13.4. The van der Waals surface area contributed by atoms with Crippen molar-refractivity contribution in [2.45, 2.75) is 4.90 Å². The molecule has 0 unspecified atom stereocenters. The first-order chi connectivity index (χ1) is 17.2. The van der Waals surface area contributed by atoms with Crippen molar-refractivity contribution in [1.29, 1.82) is 0 Å². The summed E-state index contributed by atoms with van der Waals surface area (Å²) >= 11 is 13.6. The molecule has 0 radical (unpaired) electrons. The van der Waals surface area contributed by atoms with Crippen LogP contribution in [0.2, 0.25) is 10.0 Å². The molecule has 0 aliphatic carbocycles. The maximum atomic E-state index is 13.4.